The van der Waals surface area contributed by atoms with Gasteiger partial charge in [0.15, 0.2) is 9.84 Å². The second kappa shape index (κ2) is 5.26. The van der Waals surface area contributed by atoms with Crippen LogP contribution in [0.1, 0.15) is 6.92 Å². The lowest BCUT2D eigenvalue weighted by Crippen LogP contribution is -2.34. The van der Waals surface area contributed by atoms with Crippen LogP contribution in [-0.2, 0) is 9.84 Å². The van der Waals surface area contributed by atoms with Crippen molar-refractivity contribution in [3.8, 4) is 0 Å². The Morgan fingerprint density at radius 1 is 1.30 bits per heavy atom. The lowest BCUT2D eigenvalue weighted by atomic mass is 10.1. The zero-order valence-electron chi connectivity index (χ0n) is 12.5. The van der Waals surface area contributed by atoms with E-state index >= 15 is 0 Å². The molecule has 1 aliphatic heterocycles. The summed E-state index contributed by atoms with van der Waals surface area (Å²) >= 11 is 0. The second-order valence-corrected chi connectivity index (χ2v) is 7.92. The normalized spacial score (nSPS) is 23.6. The summed E-state index contributed by atoms with van der Waals surface area (Å²) in [6, 6.07) is 5.49. The van der Waals surface area contributed by atoms with Gasteiger partial charge >= 0.3 is 0 Å². The molecule has 1 heterocycles. The fourth-order valence-corrected chi connectivity index (χ4v) is 3.53. The van der Waals surface area contributed by atoms with Crippen LogP contribution in [-0.4, -0.2) is 52.8 Å². The van der Waals surface area contributed by atoms with Crippen LogP contribution in [0.5, 0.6) is 0 Å². The summed E-state index contributed by atoms with van der Waals surface area (Å²) in [6.45, 7) is 4.08. The number of hydrogen-bond donors (Lipinski definition) is 1. The van der Waals surface area contributed by atoms with E-state index in [2.05, 4.69) is 30.8 Å². The molecule has 0 saturated carbocycles. The number of sulfone groups is 1. The van der Waals surface area contributed by atoms with Crippen molar-refractivity contribution in [3.05, 3.63) is 18.2 Å². The molecule has 0 spiro atoms. The van der Waals surface area contributed by atoms with Gasteiger partial charge in [-0.3, -0.25) is 0 Å². The minimum Gasteiger partial charge on any atom is -0.397 e. The average Bonchev–Trinajstić information content (AvgIpc) is 2.69. The van der Waals surface area contributed by atoms with Gasteiger partial charge in [-0.25, -0.2) is 8.42 Å². The van der Waals surface area contributed by atoms with Crippen LogP contribution >= 0.6 is 0 Å². The Balaban J connectivity index is 2.27. The Morgan fingerprint density at radius 2 is 1.95 bits per heavy atom. The highest BCUT2D eigenvalue weighted by Crippen LogP contribution is 2.31. The minimum absolute atomic E-state index is 0.273. The van der Waals surface area contributed by atoms with Gasteiger partial charge in [-0.2, -0.15) is 0 Å². The monoisotopic (exact) mass is 297 g/mol. The summed E-state index contributed by atoms with van der Waals surface area (Å²) < 4.78 is 23.1. The van der Waals surface area contributed by atoms with Gasteiger partial charge in [-0.1, -0.05) is 6.92 Å². The Bertz CT molecular complexity index is 598. The molecule has 2 unspecified atom stereocenters. The molecule has 6 heteroatoms. The predicted molar refractivity (Wildman–Crippen MR) is 82.8 cm³/mol. The Labute approximate surface area is 121 Å². The van der Waals surface area contributed by atoms with E-state index in [4.69, 9.17) is 5.73 Å². The summed E-state index contributed by atoms with van der Waals surface area (Å²) in [4.78, 5) is 4.73. The molecule has 1 fully saturated rings. The van der Waals surface area contributed by atoms with E-state index in [1.54, 1.807) is 12.1 Å². The number of hydrogen-bond acceptors (Lipinski definition) is 5. The molecular weight excluding hydrogens is 274 g/mol. The van der Waals surface area contributed by atoms with Gasteiger partial charge in [0.2, 0.25) is 0 Å². The fourth-order valence-electron chi connectivity index (χ4n) is 2.87. The SMILES string of the molecule is CC1CN(c2ccc(S(C)(=O)=O)cc2N)CC1N(C)C. The van der Waals surface area contributed by atoms with E-state index in [1.807, 2.05) is 6.07 Å². The van der Waals surface area contributed by atoms with E-state index in [0.717, 1.165) is 18.8 Å². The van der Waals surface area contributed by atoms with Gasteiger partial charge in [0.1, 0.15) is 0 Å². The average molecular weight is 297 g/mol. The molecule has 1 saturated heterocycles. The third-order valence-corrected chi connectivity index (χ3v) is 5.11. The van der Waals surface area contributed by atoms with Gasteiger partial charge in [0.05, 0.1) is 16.3 Å². The third-order valence-electron chi connectivity index (χ3n) is 4.00. The van der Waals surface area contributed by atoms with Crippen LogP contribution in [0, 0.1) is 5.92 Å². The summed E-state index contributed by atoms with van der Waals surface area (Å²) in [7, 11) is 0.961. The fraction of sp³-hybridized carbons (Fsp3) is 0.571. The summed E-state index contributed by atoms with van der Waals surface area (Å²) in [5.74, 6) is 0.555. The maximum atomic E-state index is 11.5. The maximum Gasteiger partial charge on any atom is 0.175 e. The van der Waals surface area contributed by atoms with Gasteiger partial charge in [-0.15, -0.1) is 0 Å². The molecule has 2 rings (SSSR count). The van der Waals surface area contributed by atoms with Crippen LogP contribution in [0.2, 0.25) is 0 Å². The molecule has 0 amide bonds. The summed E-state index contributed by atoms with van der Waals surface area (Å²) in [6.07, 6.45) is 1.20. The maximum absolute atomic E-state index is 11.5. The predicted octanol–water partition coefficient (Wildman–Crippen LogP) is 1.06. The number of likely N-dealkylation sites (N-methyl/N-ethyl adjacent to an activating group) is 1. The molecule has 1 aliphatic rings. The van der Waals surface area contributed by atoms with E-state index in [-0.39, 0.29) is 4.90 Å². The lowest BCUT2D eigenvalue weighted by Gasteiger charge is -2.23. The second-order valence-electron chi connectivity index (χ2n) is 5.91. The zero-order valence-corrected chi connectivity index (χ0v) is 13.3. The lowest BCUT2D eigenvalue weighted by molar-refractivity contribution is 0.266. The first-order chi connectivity index (χ1) is 9.20. The molecule has 1 aromatic carbocycles. The molecule has 1 aromatic rings. The summed E-state index contributed by atoms with van der Waals surface area (Å²) in [5, 5.41) is 0. The first-order valence-electron chi connectivity index (χ1n) is 6.71. The standard InChI is InChI=1S/C14H23N3O2S/c1-10-8-17(9-14(10)16(2)3)13-6-5-11(7-12(13)15)20(4,18)19/h5-7,10,14H,8-9,15H2,1-4H3. The first kappa shape index (κ1) is 15.1. The molecule has 2 N–H and O–H groups in total. The minimum atomic E-state index is -3.21. The highest BCUT2D eigenvalue weighted by atomic mass is 32.2. The van der Waals surface area contributed by atoms with Crippen molar-refractivity contribution >= 4 is 21.2 Å². The van der Waals surface area contributed by atoms with Gasteiger partial charge in [0.25, 0.3) is 0 Å². The van der Waals surface area contributed by atoms with Crippen molar-refractivity contribution in [3.63, 3.8) is 0 Å². The zero-order chi connectivity index (χ0) is 15.1. The Morgan fingerprint density at radius 3 is 2.40 bits per heavy atom. The van der Waals surface area contributed by atoms with Crippen molar-refractivity contribution in [2.75, 3.05) is 44.1 Å². The molecule has 112 valence electrons. The Kier molecular flexibility index (Phi) is 3.97. The number of nitrogen functional groups attached to an aromatic ring is 1. The van der Waals surface area contributed by atoms with Crippen molar-refractivity contribution in [2.45, 2.75) is 17.9 Å². The number of benzene rings is 1. The number of rotatable bonds is 3. The van der Waals surface area contributed by atoms with Gasteiger partial charge < -0.3 is 15.5 Å². The van der Waals surface area contributed by atoms with Crippen LogP contribution in [0.3, 0.4) is 0 Å². The number of anilines is 2. The quantitative estimate of drug-likeness (QED) is 0.845. The van der Waals surface area contributed by atoms with Gasteiger partial charge in [0, 0.05) is 25.4 Å². The van der Waals surface area contributed by atoms with Crippen LogP contribution < -0.4 is 10.6 Å². The van der Waals surface area contributed by atoms with E-state index in [1.165, 1.54) is 6.26 Å². The first-order valence-corrected chi connectivity index (χ1v) is 8.60. The molecule has 0 bridgehead atoms. The molecule has 5 nitrogen and oxygen atoms in total. The molecule has 0 aromatic heterocycles. The Hall–Kier alpha value is -1.27. The van der Waals surface area contributed by atoms with Crippen molar-refractivity contribution in [1.29, 1.82) is 0 Å². The molecule has 0 radical (unpaired) electrons. The third kappa shape index (κ3) is 2.91. The van der Waals surface area contributed by atoms with E-state index < -0.39 is 9.84 Å². The smallest absolute Gasteiger partial charge is 0.175 e. The van der Waals surface area contributed by atoms with Crippen molar-refractivity contribution in [2.24, 2.45) is 5.92 Å². The molecule has 20 heavy (non-hydrogen) atoms. The van der Waals surface area contributed by atoms with Gasteiger partial charge in [-0.05, 0) is 38.2 Å². The largest absolute Gasteiger partial charge is 0.397 e. The van der Waals surface area contributed by atoms with Crippen LogP contribution in [0.15, 0.2) is 23.1 Å². The highest BCUT2D eigenvalue weighted by molar-refractivity contribution is 7.90. The van der Waals surface area contributed by atoms with Crippen LogP contribution in [0.25, 0.3) is 0 Å². The molecular formula is C14H23N3O2S. The van der Waals surface area contributed by atoms with E-state index in [9.17, 15) is 8.42 Å². The van der Waals surface area contributed by atoms with Crippen molar-refractivity contribution in [1.82, 2.24) is 4.90 Å². The topological polar surface area (TPSA) is 66.6 Å². The molecule has 0 aliphatic carbocycles. The molecule has 2 atom stereocenters. The van der Waals surface area contributed by atoms with E-state index in [0.29, 0.717) is 17.6 Å². The number of nitrogens with two attached hydrogens (primary N) is 1. The summed E-state index contributed by atoms with van der Waals surface area (Å²) in [5.41, 5.74) is 7.50. The number of nitrogens with zero attached hydrogens (tertiary/aromatic N) is 2. The van der Waals surface area contributed by atoms with Crippen LogP contribution in [0.4, 0.5) is 11.4 Å². The van der Waals surface area contributed by atoms with Crippen molar-refractivity contribution < 1.29 is 8.42 Å². The highest BCUT2D eigenvalue weighted by Gasteiger charge is 2.31.